The third kappa shape index (κ3) is 5.33. The molecule has 2 aromatic heterocycles. The number of benzene rings is 2. The van der Waals surface area contributed by atoms with E-state index in [1.54, 1.807) is 31.2 Å². The van der Waals surface area contributed by atoms with Gasteiger partial charge in [0.25, 0.3) is 5.56 Å². The number of aromatic nitrogens is 3. The number of hydrogen-bond donors (Lipinski definition) is 0. The second-order valence-corrected chi connectivity index (χ2v) is 8.91. The van der Waals surface area contributed by atoms with Gasteiger partial charge in [0.1, 0.15) is 11.4 Å². The van der Waals surface area contributed by atoms with Crippen LogP contribution in [-0.2, 0) is 22.8 Å². The minimum atomic E-state index is -4.86. The number of hydrogen-bond acceptors (Lipinski definition) is 7. The molecule has 12 heteroatoms. The molecular weight excluding hydrogens is 523 g/mol. The molecule has 2 heterocycles. The van der Waals surface area contributed by atoms with E-state index in [-0.39, 0.29) is 18.9 Å². The molecule has 0 saturated carbocycles. The molecule has 0 saturated heterocycles. The van der Waals surface area contributed by atoms with Gasteiger partial charge in [-0.1, -0.05) is 12.0 Å². The summed E-state index contributed by atoms with van der Waals surface area (Å²) in [5, 5.41) is 0.583. The fourth-order valence-corrected chi connectivity index (χ4v) is 4.48. The SMILES string of the molecule is CC#CCOC(=O)COc1ccc(C)c(-c2nsc3ccc(-n4c(=O)cc(C(F)(F)F)n(C)c4=O)cc23)c1. The van der Waals surface area contributed by atoms with Crippen LogP contribution >= 0.6 is 11.5 Å². The summed E-state index contributed by atoms with van der Waals surface area (Å²) < 4.78 is 56.5. The third-order valence-electron chi connectivity index (χ3n) is 5.63. The van der Waals surface area contributed by atoms with Crippen molar-refractivity contribution in [2.75, 3.05) is 13.2 Å². The minimum Gasteiger partial charge on any atom is -0.482 e. The highest BCUT2D eigenvalue weighted by Crippen LogP contribution is 2.35. The van der Waals surface area contributed by atoms with Gasteiger partial charge in [-0.2, -0.15) is 17.5 Å². The third-order valence-corrected chi connectivity index (χ3v) is 6.45. The molecular formula is C26H20F3N3O5S. The van der Waals surface area contributed by atoms with Crippen molar-refractivity contribution in [3.63, 3.8) is 0 Å². The summed E-state index contributed by atoms with van der Waals surface area (Å²) in [7, 11) is 0.957. The van der Waals surface area contributed by atoms with Crippen molar-refractivity contribution in [1.29, 1.82) is 0 Å². The van der Waals surface area contributed by atoms with Gasteiger partial charge in [-0.05, 0) is 61.3 Å². The molecule has 0 amide bonds. The maximum atomic E-state index is 13.2. The second-order valence-electron chi connectivity index (χ2n) is 8.11. The van der Waals surface area contributed by atoms with Crippen LogP contribution in [0.5, 0.6) is 5.75 Å². The number of nitrogens with zero attached hydrogens (tertiary/aromatic N) is 3. The maximum Gasteiger partial charge on any atom is 0.431 e. The maximum absolute atomic E-state index is 13.2. The summed E-state index contributed by atoms with van der Waals surface area (Å²) in [5.41, 5.74) is -1.45. The Morgan fingerprint density at radius 2 is 1.89 bits per heavy atom. The van der Waals surface area contributed by atoms with E-state index in [1.807, 2.05) is 6.92 Å². The molecule has 0 fully saturated rings. The molecule has 0 radical (unpaired) electrons. The second kappa shape index (κ2) is 10.5. The number of carbonyl (C=O) groups is 1. The molecule has 4 aromatic rings. The summed E-state index contributed by atoms with van der Waals surface area (Å²) in [4.78, 5) is 37.2. The lowest BCUT2D eigenvalue weighted by Gasteiger charge is -2.14. The summed E-state index contributed by atoms with van der Waals surface area (Å²) in [6.07, 6.45) is -4.86. The van der Waals surface area contributed by atoms with Gasteiger partial charge < -0.3 is 9.47 Å². The minimum absolute atomic E-state index is 0.0316. The zero-order valence-electron chi connectivity index (χ0n) is 20.4. The Labute approximate surface area is 218 Å². The Morgan fingerprint density at radius 1 is 1.13 bits per heavy atom. The fraction of sp³-hybridized carbons (Fsp3) is 0.231. The van der Waals surface area contributed by atoms with Crippen LogP contribution in [0.2, 0.25) is 0 Å². The first-order valence-corrected chi connectivity index (χ1v) is 11.9. The number of halogens is 3. The summed E-state index contributed by atoms with van der Waals surface area (Å²) in [6.45, 7) is 3.12. The number of carbonyl (C=O) groups excluding carboxylic acids is 1. The smallest absolute Gasteiger partial charge is 0.431 e. The molecule has 0 N–H and O–H groups in total. The van der Waals surface area contributed by atoms with Crippen LogP contribution in [0.1, 0.15) is 18.2 Å². The van der Waals surface area contributed by atoms with Gasteiger partial charge in [-0.3, -0.25) is 9.36 Å². The van der Waals surface area contributed by atoms with Crippen molar-refractivity contribution in [2.45, 2.75) is 20.0 Å². The van der Waals surface area contributed by atoms with Gasteiger partial charge >= 0.3 is 17.8 Å². The van der Waals surface area contributed by atoms with Gasteiger partial charge in [0.05, 0.1) is 16.1 Å². The summed E-state index contributed by atoms with van der Waals surface area (Å²) in [5.74, 6) is 5.04. The van der Waals surface area contributed by atoms with Gasteiger partial charge in [0.2, 0.25) is 0 Å². The molecule has 0 bridgehead atoms. The van der Waals surface area contributed by atoms with Gasteiger partial charge in [-0.15, -0.1) is 5.92 Å². The van der Waals surface area contributed by atoms with Crippen LogP contribution in [0.15, 0.2) is 52.1 Å². The molecule has 0 unspecified atom stereocenters. The van der Waals surface area contributed by atoms with E-state index >= 15 is 0 Å². The lowest BCUT2D eigenvalue weighted by Crippen LogP contribution is -2.40. The Hall–Kier alpha value is -4.37. The molecule has 0 spiro atoms. The predicted molar refractivity (Wildman–Crippen MR) is 136 cm³/mol. The zero-order valence-corrected chi connectivity index (χ0v) is 21.2. The van der Waals surface area contributed by atoms with Gasteiger partial charge in [0, 0.05) is 24.1 Å². The molecule has 0 atom stereocenters. The molecule has 0 aliphatic rings. The molecule has 4 rings (SSSR count). The molecule has 8 nitrogen and oxygen atoms in total. The van der Waals surface area contributed by atoms with Crippen molar-refractivity contribution >= 4 is 27.6 Å². The Morgan fingerprint density at radius 3 is 2.61 bits per heavy atom. The van der Waals surface area contributed by atoms with E-state index in [4.69, 9.17) is 9.47 Å². The van der Waals surface area contributed by atoms with Crippen molar-refractivity contribution in [1.82, 2.24) is 13.5 Å². The number of fused-ring (bicyclic) bond motifs is 1. The fourth-order valence-electron chi connectivity index (χ4n) is 3.71. The molecule has 38 heavy (non-hydrogen) atoms. The first-order valence-electron chi connectivity index (χ1n) is 11.1. The van der Waals surface area contributed by atoms with Gasteiger partial charge in [0.15, 0.2) is 13.2 Å². The van der Waals surface area contributed by atoms with Crippen LogP contribution in [0.4, 0.5) is 13.2 Å². The van der Waals surface area contributed by atoms with Crippen molar-refractivity contribution in [2.24, 2.45) is 7.05 Å². The van der Waals surface area contributed by atoms with Crippen LogP contribution in [-0.4, -0.2) is 32.7 Å². The molecule has 196 valence electrons. The molecule has 0 aliphatic heterocycles. The predicted octanol–water partition coefficient (Wildman–Crippen LogP) is 4.09. The van der Waals surface area contributed by atoms with Crippen LogP contribution < -0.4 is 16.0 Å². The van der Waals surface area contributed by atoms with E-state index in [0.29, 0.717) is 37.6 Å². The Kier molecular flexibility index (Phi) is 7.41. The molecule has 0 aliphatic carbocycles. The Bertz CT molecular complexity index is 1720. The number of ether oxygens (including phenoxy) is 2. The van der Waals surface area contributed by atoms with E-state index < -0.39 is 29.1 Å². The van der Waals surface area contributed by atoms with E-state index in [0.717, 1.165) is 17.3 Å². The topological polar surface area (TPSA) is 92.4 Å². The van der Waals surface area contributed by atoms with E-state index in [1.165, 1.54) is 23.7 Å². The summed E-state index contributed by atoms with van der Waals surface area (Å²) in [6, 6.07) is 10.2. The largest absolute Gasteiger partial charge is 0.482 e. The van der Waals surface area contributed by atoms with E-state index in [2.05, 4.69) is 16.2 Å². The van der Waals surface area contributed by atoms with Crippen molar-refractivity contribution in [3.8, 4) is 34.5 Å². The van der Waals surface area contributed by atoms with Crippen molar-refractivity contribution in [3.05, 3.63) is 74.6 Å². The first kappa shape index (κ1) is 26.7. The van der Waals surface area contributed by atoms with Crippen LogP contribution in [0, 0.1) is 18.8 Å². The highest BCUT2D eigenvalue weighted by Gasteiger charge is 2.35. The number of esters is 1. The summed E-state index contributed by atoms with van der Waals surface area (Å²) >= 11 is 1.18. The lowest BCUT2D eigenvalue weighted by molar-refractivity contribution is -0.145. The van der Waals surface area contributed by atoms with E-state index in [9.17, 15) is 27.6 Å². The quantitative estimate of drug-likeness (QED) is 0.269. The van der Waals surface area contributed by atoms with Gasteiger partial charge in [-0.25, -0.2) is 14.2 Å². The number of aryl methyl sites for hydroxylation is 1. The van der Waals surface area contributed by atoms with Crippen molar-refractivity contribution < 1.29 is 27.4 Å². The molecule has 2 aromatic carbocycles. The lowest BCUT2D eigenvalue weighted by atomic mass is 10.0. The monoisotopic (exact) mass is 543 g/mol. The zero-order chi connectivity index (χ0) is 27.6. The Balaban J connectivity index is 1.73. The number of rotatable bonds is 6. The van der Waals surface area contributed by atoms with Crippen LogP contribution in [0.25, 0.3) is 27.0 Å². The first-order chi connectivity index (χ1) is 18.0. The average molecular weight is 544 g/mol. The van der Waals surface area contributed by atoms with Crippen LogP contribution in [0.3, 0.4) is 0 Å². The standard InChI is InChI=1S/C26H20F3N3O5S/c1-4-5-10-36-23(34)14-37-17-8-6-15(2)18(12-17)24-19-11-16(7-9-20(19)38-30-24)32-22(33)13-21(26(27,28)29)31(3)25(32)35/h6-9,11-13H,10,14H2,1-3H3. The number of alkyl halides is 3. The highest BCUT2D eigenvalue weighted by atomic mass is 32.1. The highest BCUT2D eigenvalue weighted by molar-refractivity contribution is 7.13. The normalized spacial score (nSPS) is 11.2. The average Bonchev–Trinajstić information content (AvgIpc) is 3.28.